The van der Waals surface area contributed by atoms with Crippen LogP contribution in [-0.4, -0.2) is 62.4 Å². The largest absolute Gasteiger partial charge is 0.453 e. The molecule has 4 rings (SSSR count). The van der Waals surface area contributed by atoms with E-state index in [9.17, 15) is 18.0 Å². The van der Waals surface area contributed by atoms with Crippen LogP contribution in [0.3, 0.4) is 0 Å². The van der Waals surface area contributed by atoms with Crippen molar-refractivity contribution in [2.45, 2.75) is 62.3 Å². The predicted molar refractivity (Wildman–Crippen MR) is 121 cm³/mol. The van der Waals surface area contributed by atoms with E-state index in [2.05, 4.69) is 15.0 Å². The Kier molecular flexibility index (Phi) is 7.05. The second kappa shape index (κ2) is 9.79. The molecule has 32 heavy (non-hydrogen) atoms. The summed E-state index contributed by atoms with van der Waals surface area (Å²) < 4.78 is 32.5. The predicted octanol–water partition coefficient (Wildman–Crippen LogP) is 3.45. The number of carbonyl (C=O) groups excluding carboxylic acids is 2. The van der Waals surface area contributed by atoms with Crippen LogP contribution in [0.2, 0.25) is 0 Å². The Bertz CT molecular complexity index is 931. The van der Waals surface area contributed by atoms with Crippen LogP contribution in [0, 0.1) is 11.8 Å². The molecule has 2 amide bonds. The number of hydrogen-bond acceptors (Lipinski definition) is 5. The molecule has 9 heteroatoms. The average molecular weight is 464 g/mol. The minimum Gasteiger partial charge on any atom is -0.453 e. The third-order valence-electron chi connectivity index (χ3n) is 7.18. The molecule has 1 saturated carbocycles. The van der Waals surface area contributed by atoms with E-state index in [4.69, 9.17) is 0 Å². The first-order chi connectivity index (χ1) is 15.4. The van der Waals surface area contributed by atoms with Crippen molar-refractivity contribution < 1.29 is 22.7 Å². The normalized spacial score (nSPS) is 26.8. The quantitative estimate of drug-likeness (QED) is 0.738. The van der Waals surface area contributed by atoms with Gasteiger partial charge in [0, 0.05) is 31.4 Å². The van der Waals surface area contributed by atoms with Crippen LogP contribution in [0.4, 0.5) is 10.5 Å². The molecule has 2 aliphatic heterocycles. The number of carbonyl (C=O) groups is 2. The van der Waals surface area contributed by atoms with Crippen LogP contribution in [0.5, 0.6) is 0 Å². The third-order valence-corrected chi connectivity index (χ3v) is 9.06. The van der Waals surface area contributed by atoms with Gasteiger partial charge in [-0.05, 0) is 68.7 Å². The van der Waals surface area contributed by atoms with Crippen molar-refractivity contribution in [1.29, 1.82) is 0 Å². The molecule has 0 spiro atoms. The maximum absolute atomic E-state index is 13.4. The fourth-order valence-corrected chi connectivity index (χ4v) is 7.05. The molecule has 2 saturated heterocycles. The highest BCUT2D eigenvalue weighted by Gasteiger charge is 2.40. The molecule has 1 aromatic rings. The molecule has 3 atom stereocenters. The molecular formula is C23H33N3O5S. The number of ether oxygens (including phenoxy) is 1. The Morgan fingerprint density at radius 3 is 2.41 bits per heavy atom. The summed E-state index contributed by atoms with van der Waals surface area (Å²) in [6, 6.07) is 6.36. The van der Waals surface area contributed by atoms with Crippen LogP contribution in [-0.2, 0) is 19.6 Å². The van der Waals surface area contributed by atoms with Crippen molar-refractivity contribution in [1.82, 2.24) is 9.21 Å². The molecule has 2 heterocycles. The number of likely N-dealkylation sites (tertiary alicyclic amines) is 1. The van der Waals surface area contributed by atoms with Crippen molar-refractivity contribution in [3.8, 4) is 0 Å². The molecule has 0 bridgehead atoms. The lowest BCUT2D eigenvalue weighted by atomic mass is 9.77. The number of fused-ring (bicyclic) bond motifs is 1. The molecule has 0 aromatic heterocycles. The van der Waals surface area contributed by atoms with Gasteiger partial charge in [0.05, 0.1) is 17.9 Å². The minimum atomic E-state index is -3.71. The van der Waals surface area contributed by atoms with Crippen LogP contribution < -0.4 is 5.32 Å². The van der Waals surface area contributed by atoms with Gasteiger partial charge in [-0.3, -0.25) is 10.1 Å². The monoisotopic (exact) mass is 463 g/mol. The Morgan fingerprint density at radius 1 is 0.969 bits per heavy atom. The van der Waals surface area contributed by atoms with Crippen molar-refractivity contribution >= 4 is 27.7 Å². The number of piperidine rings is 2. The van der Waals surface area contributed by atoms with Gasteiger partial charge in [0.25, 0.3) is 0 Å². The van der Waals surface area contributed by atoms with E-state index in [1.165, 1.54) is 61.4 Å². The molecule has 0 radical (unpaired) electrons. The molecule has 1 N–H and O–H groups in total. The van der Waals surface area contributed by atoms with E-state index in [-0.39, 0.29) is 23.3 Å². The van der Waals surface area contributed by atoms with E-state index in [1.807, 2.05) is 0 Å². The van der Waals surface area contributed by atoms with Gasteiger partial charge in [0.15, 0.2) is 0 Å². The fourth-order valence-electron chi connectivity index (χ4n) is 5.52. The number of anilines is 1. The maximum atomic E-state index is 13.4. The van der Waals surface area contributed by atoms with Crippen LogP contribution in [0.25, 0.3) is 0 Å². The number of amides is 2. The maximum Gasteiger partial charge on any atom is 0.411 e. The molecular weight excluding hydrogens is 430 g/mol. The standard InChI is InChI=1S/C23H33N3O5S/c1-31-23(28)24-19-10-12-20(13-11-19)32(29,30)25-14-4-8-18(16-25)22(27)26-15-5-7-17-6-2-3-9-21(17)26/h10-13,17-18,21H,2-9,14-16H2,1H3,(H,24,28)/t17-,18+,21-/m1/s1. The Morgan fingerprint density at radius 2 is 1.66 bits per heavy atom. The van der Waals surface area contributed by atoms with Gasteiger partial charge < -0.3 is 9.64 Å². The first kappa shape index (κ1) is 23.0. The molecule has 1 aliphatic carbocycles. The number of nitrogens with zero attached hydrogens (tertiary/aromatic N) is 2. The molecule has 176 valence electrons. The Labute approximate surface area is 190 Å². The van der Waals surface area contributed by atoms with E-state index < -0.39 is 16.1 Å². The first-order valence-corrected chi connectivity index (χ1v) is 13.1. The van der Waals surface area contributed by atoms with E-state index >= 15 is 0 Å². The summed E-state index contributed by atoms with van der Waals surface area (Å²) in [4.78, 5) is 27.0. The SMILES string of the molecule is COC(=O)Nc1ccc(S(=O)(=O)N2CCC[C@H](C(=O)N3CCC[C@H]4CCCC[C@H]43)C2)cc1. The molecule has 3 aliphatic rings. The zero-order valence-electron chi connectivity index (χ0n) is 18.7. The lowest BCUT2D eigenvalue weighted by molar-refractivity contribution is -0.143. The second-order valence-electron chi connectivity index (χ2n) is 9.13. The summed E-state index contributed by atoms with van der Waals surface area (Å²) in [5, 5.41) is 2.51. The van der Waals surface area contributed by atoms with Crippen molar-refractivity contribution in [3.63, 3.8) is 0 Å². The summed E-state index contributed by atoms with van der Waals surface area (Å²) in [5.41, 5.74) is 0.453. The first-order valence-electron chi connectivity index (χ1n) is 11.7. The molecule has 1 aromatic carbocycles. The number of nitrogens with one attached hydrogen (secondary N) is 1. The lowest BCUT2D eigenvalue weighted by Gasteiger charge is -2.46. The van der Waals surface area contributed by atoms with E-state index in [0.717, 1.165) is 25.8 Å². The smallest absolute Gasteiger partial charge is 0.411 e. The summed E-state index contributed by atoms with van der Waals surface area (Å²) in [7, 11) is -2.45. The number of benzene rings is 1. The summed E-state index contributed by atoms with van der Waals surface area (Å²) in [6.45, 7) is 1.45. The zero-order valence-corrected chi connectivity index (χ0v) is 19.5. The van der Waals surface area contributed by atoms with Gasteiger partial charge in [-0.25, -0.2) is 13.2 Å². The van der Waals surface area contributed by atoms with Crippen molar-refractivity contribution in [2.75, 3.05) is 32.1 Å². The molecule has 0 unspecified atom stereocenters. The highest BCUT2D eigenvalue weighted by Crippen LogP contribution is 2.37. The molecule has 8 nitrogen and oxygen atoms in total. The fraction of sp³-hybridized carbons (Fsp3) is 0.652. The van der Waals surface area contributed by atoms with Gasteiger partial charge in [0.1, 0.15) is 0 Å². The van der Waals surface area contributed by atoms with Gasteiger partial charge in [-0.1, -0.05) is 12.8 Å². The summed E-state index contributed by atoms with van der Waals surface area (Å²) >= 11 is 0. The lowest BCUT2D eigenvalue weighted by Crippen LogP contribution is -2.54. The van der Waals surface area contributed by atoms with Gasteiger partial charge in [0.2, 0.25) is 15.9 Å². The van der Waals surface area contributed by atoms with E-state index in [0.29, 0.717) is 30.6 Å². The Balaban J connectivity index is 1.44. The number of methoxy groups -OCH3 is 1. The van der Waals surface area contributed by atoms with Gasteiger partial charge in [-0.2, -0.15) is 4.31 Å². The average Bonchev–Trinajstić information content (AvgIpc) is 2.83. The van der Waals surface area contributed by atoms with Crippen LogP contribution in [0.15, 0.2) is 29.2 Å². The van der Waals surface area contributed by atoms with Gasteiger partial charge >= 0.3 is 6.09 Å². The Hall–Kier alpha value is -2.13. The summed E-state index contributed by atoms with van der Waals surface area (Å²) in [5.74, 6) is 0.473. The van der Waals surface area contributed by atoms with Crippen LogP contribution >= 0.6 is 0 Å². The highest BCUT2D eigenvalue weighted by molar-refractivity contribution is 7.89. The summed E-state index contributed by atoms with van der Waals surface area (Å²) in [6.07, 6.45) is 7.78. The minimum absolute atomic E-state index is 0.138. The zero-order chi connectivity index (χ0) is 22.7. The number of sulfonamides is 1. The number of hydrogen-bond donors (Lipinski definition) is 1. The van der Waals surface area contributed by atoms with Crippen LogP contribution in [0.1, 0.15) is 51.4 Å². The molecule has 3 fully saturated rings. The van der Waals surface area contributed by atoms with Crippen molar-refractivity contribution in [3.05, 3.63) is 24.3 Å². The highest BCUT2D eigenvalue weighted by atomic mass is 32.2. The second-order valence-corrected chi connectivity index (χ2v) is 11.1. The number of rotatable bonds is 4. The van der Waals surface area contributed by atoms with Gasteiger partial charge in [-0.15, -0.1) is 0 Å². The topological polar surface area (TPSA) is 96.0 Å². The van der Waals surface area contributed by atoms with E-state index in [1.54, 1.807) is 0 Å². The third kappa shape index (κ3) is 4.78. The van der Waals surface area contributed by atoms with Crippen molar-refractivity contribution in [2.24, 2.45) is 11.8 Å².